The molecule has 5 N–H and O–H groups in total. The fourth-order valence-electron chi connectivity index (χ4n) is 2.53. The molecule has 0 aliphatic carbocycles. The molecular formula is C21H23NO7. The highest BCUT2D eigenvalue weighted by Crippen LogP contribution is 2.26. The largest absolute Gasteiger partial charge is 0.504 e. The Labute approximate surface area is 167 Å². The van der Waals surface area contributed by atoms with Crippen LogP contribution in [0.4, 0.5) is 0 Å². The molecule has 0 spiro atoms. The van der Waals surface area contributed by atoms with Crippen molar-refractivity contribution in [3.05, 3.63) is 53.6 Å². The minimum atomic E-state index is -0.825. The fourth-order valence-corrected chi connectivity index (χ4v) is 2.53. The summed E-state index contributed by atoms with van der Waals surface area (Å²) in [4.78, 5) is 24.3. The van der Waals surface area contributed by atoms with Crippen molar-refractivity contribution < 1.29 is 34.8 Å². The lowest BCUT2D eigenvalue weighted by Gasteiger charge is -2.17. The second-order valence-electron chi connectivity index (χ2n) is 6.26. The molecule has 0 saturated heterocycles. The van der Waals surface area contributed by atoms with E-state index in [2.05, 4.69) is 5.32 Å². The maximum atomic E-state index is 12.2. The third-order valence-corrected chi connectivity index (χ3v) is 4.03. The average molecular weight is 401 g/mol. The number of esters is 1. The quantitative estimate of drug-likeness (QED) is 0.244. The number of hydrogen-bond donors (Lipinski definition) is 5. The highest BCUT2D eigenvalue weighted by atomic mass is 16.5. The van der Waals surface area contributed by atoms with Crippen LogP contribution in [0.25, 0.3) is 6.08 Å². The van der Waals surface area contributed by atoms with Gasteiger partial charge in [-0.3, -0.25) is 14.9 Å². The monoisotopic (exact) mass is 401 g/mol. The van der Waals surface area contributed by atoms with Gasteiger partial charge in [0, 0.05) is 0 Å². The van der Waals surface area contributed by atoms with Gasteiger partial charge >= 0.3 is 5.97 Å². The number of carbonyl (C=O) groups excluding carboxylic acids is 2. The molecule has 0 saturated carbocycles. The van der Waals surface area contributed by atoms with Gasteiger partial charge in [-0.25, -0.2) is 0 Å². The minimum Gasteiger partial charge on any atom is -0.504 e. The molecule has 0 aromatic heterocycles. The van der Waals surface area contributed by atoms with Gasteiger partial charge in [-0.15, -0.1) is 0 Å². The Morgan fingerprint density at radius 3 is 2.28 bits per heavy atom. The Morgan fingerprint density at radius 1 is 1.00 bits per heavy atom. The van der Waals surface area contributed by atoms with Crippen LogP contribution in [0.15, 0.2) is 42.5 Å². The van der Waals surface area contributed by atoms with Crippen molar-refractivity contribution in [3.8, 4) is 23.0 Å². The summed E-state index contributed by atoms with van der Waals surface area (Å²) in [6.45, 7) is 1.70. The molecule has 0 amide bonds. The number of ketones is 1. The van der Waals surface area contributed by atoms with E-state index in [1.807, 2.05) is 0 Å². The molecule has 0 fully saturated rings. The summed E-state index contributed by atoms with van der Waals surface area (Å²) in [6, 6.07) is 7.53. The molecule has 0 aliphatic rings. The molecule has 0 bridgehead atoms. The summed E-state index contributed by atoms with van der Waals surface area (Å²) in [5, 5.41) is 40.6. The van der Waals surface area contributed by atoms with Crippen molar-refractivity contribution in [1.29, 1.82) is 0 Å². The zero-order chi connectivity index (χ0) is 21.4. The molecule has 0 radical (unpaired) electrons. The van der Waals surface area contributed by atoms with Crippen molar-refractivity contribution in [2.24, 2.45) is 0 Å². The highest BCUT2D eigenvalue weighted by molar-refractivity contribution is 5.95. The molecule has 1 atom stereocenters. The van der Waals surface area contributed by atoms with Gasteiger partial charge in [0.05, 0.1) is 13.2 Å². The van der Waals surface area contributed by atoms with E-state index >= 15 is 0 Å². The molecule has 0 unspecified atom stereocenters. The van der Waals surface area contributed by atoms with Crippen LogP contribution in [0.2, 0.25) is 0 Å². The first-order chi connectivity index (χ1) is 13.8. The van der Waals surface area contributed by atoms with Crippen molar-refractivity contribution in [3.63, 3.8) is 0 Å². The van der Waals surface area contributed by atoms with E-state index in [0.717, 1.165) is 0 Å². The molecule has 2 rings (SSSR count). The molecule has 8 heteroatoms. The van der Waals surface area contributed by atoms with E-state index in [1.54, 1.807) is 13.0 Å². The smallest absolute Gasteiger partial charge is 0.323 e. The second kappa shape index (κ2) is 10.1. The van der Waals surface area contributed by atoms with Crippen LogP contribution in [0.5, 0.6) is 23.0 Å². The Morgan fingerprint density at radius 2 is 1.66 bits per heavy atom. The molecule has 154 valence electrons. The van der Waals surface area contributed by atoms with E-state index < -0.39 is 12.0 Å². The molecular weight excluding hydrogens is 378 g/mol. The van der Waals surface area contributed by atoms with Crippen LogP contribution in [-0.2, 0) is 20.7 Å². The third kappa shape index (κ3) is 6.54. The summed E-state index contributed by atoms with van der Waals surface area (Å²) in [6.07, 6.45) is 2.91. The van der Waals surface area contributed by atoms with E-state index in [0.29, 0.717) is 11.1 Å². The molecule has 0 aliphatic heterocycles. The zero-order valence-corrected chi connectivity index (χ0v) is 15.8. The van der Waals surface area contributed by atoms with Crippen LogP contribution in [0, 0.1) is 0 Å². The maximum absolute atomic E-state index is 12.2. The summed E-state index contributed by atoms with van der Waals surface area (Å²) in [7, 11) is 0. The van der Waals surface area contributed by atoms with Crippen LogP contribution >= 0.6 is 0 Å². The Hall–Kier alpha value is -3.52. The van der Waals surface area contributed by atoms with Gasteiger partial charge in [-0.05, 0) is 54.8 Å². The topological polar surface area (TPSA) is 136 Å². The van der Waals surface area contributed by atoms with E-state index in [9.17, 15) is 30.0 Å². The van der Waals surface area contributed by atoms with Gasteiger partial charge in [0.2, 0.25) is 0 Å². The standard InChI is InChI=1S/C21H23NO7/c1-2-29-21(28)16(9-14-5-8-18(25)20(27)11-14)22-12-15(23)6-3-13-4-7-17(24)19(26)10-13/h3-8,10-11,16,22,24-27H,2,9,12H2,1H3/t16-/m1/s1. The first kappa shape index (κ1) is 21.8. The average Bonchev–Trinajstić information content (AvgIpc) is 2.68. The van der Waals surface area contributed by atoms with Crippen LogP contribution in [-0.4, -0.2) is 51.4 Å². The normalized spacial score (nSPS) is 12.0. The summed E-state index contributed by atoms with van der Waals surface area (Å²) in [5.74, 6) is -1.98. The molecule has 8 nitrogen and oxygen atoms in total. The van der Waals surface area contributed by atoms with E-state index in [-0.39, 0.29) is 48.4 Å². The lowest BCUT2D eigenvalue weighted by molar-refractivity contribution is -0.145. The Kier molecular flexibility index (Phi) is 7.62. The minimum absolute atomic E-state index is 0.145. The second-order valence-corrected chi connectivity index (χ2v) is 6.26. The van der Waals surface area contributed by atoms with Gasteiger partial charge in [0.1, 0.15) is 6.04 Å². The van der Waals surface area contributed by atoms with E-state index in [4.69, 9.17) is 4.74 Å². The number of hydrogen-bond acceptors (Lipinski definition) is 8. The Balaban J connectivity index is 2.01. The zero-order valence-electron chi connectivity index (χ0n) is 15.8. The molecule has 2 aromatic carbocycles. The summed E-state index contributed by atoms with van der Waals surface area (Å²) < 4.78 is 5.02. The van der Waals surface area contributed by atoms with Gasteiger partial charge in [-0.1, -0.05) is 18.2 Å². The predicted octanol–water partition coefficient (Wildman–Crippen LogP) is 1.86. The number of phenols is 4. The van der Waals surface area contributed by atoms with Crippen molar-refractivity contribution in [2.45, 2.75) is 19.4 Å². The lowest BCUT2D eigenvalue weighted by Crippen LogP contribution is -2.42. The number of carbonyl (C=O) groups is 2. The number of ether oxygens (including phenoxy) is 1. The first-order valence-corrected chi connectivity index (χ1v) is 8.94. The number of benzene rings is 2. The fraction of sp³-hybridized carbons (Fsp3) is 0.238. The van der Waals surface area contributed by atoms with Crippen LogP contribution in [0.1, 0.15) is 18.1 Å². The number of nitrogens with one attached hydrogen (secondary N) is 1. The van der Waals surface area contributed by atoms with Crippen LogP contribution in [0.3, 0.4) is 0 Å². The predicted molar refractivity (Wildman–Crippen MR) is 106 cm³/mol. The molecule has 29 heavy (non-hydrogen) atoms. The van der Waals surface area contributed by atoms with Gasteiger partial charge in [-0.2, -0.15) is 0 Å². The summed E-state index contributed by atoms with van der Waals surface area (Å²) in [5.41, 5.74) is 1.10. The maximum Gasteiger partial charge on any atom is 0.323 e. The molecule has 2 aromatic rings. The Bertz CT molecular complexity index is 908. The SMILES string of the molecule is CCOC(=O)[C@@H](Cc1ccc(O)c(O)c1)NCC(=O)C=Cc1ccc(O)c(O)c1. The van der Waals surface area contributed by atoms with E-state index in [1.165, 1.54) is 42.5 Å². The number of rotatable bonds is 9. The highest BCUT2D eigenvalue weighted by Gasteiger charge is 2.21. The third-order valence-electron chi connectivity index (χ3n) is 4.03. The van der Waals surface area contributed by atoms with Gasteiger partial charge < -0.3 is 25.2 Å². The first-order valence-electron chi connectivity index (χ1n) is 8.94. The van der Waals surface area contributed by atoms with Crippen molar-refractivity contribution in [2.75, 3.05) is 13.2 Å². The molecule has 0 heterocycles. The number of aromatic hydroxyl groups is 4. The van der Waals surface area contributed by atoms with Crippen LogP contribution < -0.4 is 5.32 Å². The number of phenolic OH excluding ortho intramolecular Hbond substituents is 4. The van der Waals surface area contributed by atoms with Crippen molar-refractivity contribution >= 4 is 17.8 Å². The van der Waals surface area contributed by atoms with Gasteiger partial charge in [0.25, 0.3) is 0 Å². The summed E-state index contributed by atoms with van der Waals surface area (Å²) >= 11 is 0. The lowest BCUT2D eigenvalue weighted by atomic mass is 10.0. The van der Waals surface area contributed by atoms with Gasteiger partial charge in [0.15, 0.2) is 28.8 Å². The van der Waals surface area contributed by atoms with Crippen molar-refractivity contribution in [1.82, 2.24) is 5.32 Å².